The number of rotatable bonds is 6. The minimum absolute atomic E-state index is 0.620. The molecular weight excluding hydrogens is 250 g/mol. The van der Waals surface area contributed by atoms with Gasteiger partial charge in [-0.2, -0.15) is 0 Å². The summed E-state index contributed by atoms with van der Waals surface area (Å²) in [7, 11) is 0. The maximum atomic E-state index is 5.62. The van der Waals surface area contributed by atoms with Crippen molar-refractivity contribution in [2.45, 2.75) is 20.4 Å². The van der Waals surface area contributed by atoms with Gasteiger partial charge in [-0.15, -0.1) is 0 Å². The Hall–Kier alpha value is -2.07. The third kappa shape index (κ3) is 4.55. The maximum absolute atomic E-state index is 5.62. The minimum atomic E-state index is 0.620. The topological polar surface area (TPSA) is 60.2 Å². The molecule has 4 heteroatoms. The van der Waals surface area contributed by atoms with Crippen molar-refractivity contribution in [3.8, 4) is 5.75 Å². The van der Waals surface area contributed by atoms with Crippen molar-refractivity contribution in [1.82, 2.24) is 10.3 Å². The first kappa shape index (κ1) is 14.3. The van der Waals surface area contributed by atoms with Gasteiger partial charge in [-0.25, -0.2) is 0 Å². The summed E-state index contributed by atoms with van der Waals surface area (Å²) < 4.78 is 5.61. The second-order valence-electron chi connectivity index (χ2n) is 4.87. The van der Waals surface area contributed by atoms with Crippen molar-refractivity contribution in [2.75, 3.05) is 18.9 Å². The Bertz CT molecular complexity index is 532. The molecule has 0 aliphatic rings. The van der Waals surface area contributed by atoms with Crippen LogP contribution in [0.4, 0.5) is 5.69 Å². The smallest absolute Gasteiger partial charge is 0.119 e. The largest absolute Gasteiger partial charge is 0.492 e. The van der Waals surface area contributed by atoms with E-state index in [0.29, 0.717) is 6.61 Å². The van der Waals surface area contributed by atoms with E-state index in [1.165, 1.54) is 5.56 Å². The Labute approximate surface area is 120 Å². The number of nitrogens with zero attached hydrogens (tertiary/aromatic N) is 1. The summed E-state index contributed by atoms with van der Waals surface area (Å²) in [5.74, 6) is 0.838. The molecule has 106 valence electrons. The van der Waals surface area contributed by atoms with E-state index in [2.05, 4.69) is 29.4 Å². The van der Waals surface area contributed by atoms with Crippen LogP contribution in [0.15, 0.2) is 36.4 Å². The Kier molecular flexibility index (Phi) is 4.96. The van der Waals surface area contributed by atoms with Crippen molar-refractivity contribution in [2.24, 2.45) is 0 Å². The van der Waals surface area contributed by atoms with E-state index in [1.807, 2.05) is 31.2 Å². The minimum Gasteiger partial charge on any atom is -0.492 e. The highest BCUT2D eigenvalue weighted by Gasteiger charge is 1.98. The van der Waals surface area contributed by atoms with Crippen LogP contribution in [0.2, 0.25) is 0 Å². The van der Waals surface area contributed by atoms with E-state index in [0.717, 1.165) is 35.9 Å². The second kappa shape index (κ2) is 6.91. The van der Waals surface area contributed by atoms with Gasteiger partial charge >= 0.3 is 0 Å². The van der Waals surface area contributed by atoms with E-state index in [4.69, 9.17) is 10.5 Å². The van der Waals surface area contributed by atoms with Gasteiger partial charge in [0, 0.05) is 24.5 Å². The van der Waals surface area contributed by atoms with Crippen molar-refractivity contribution in [3.05, 3.63) is 53.3 Å². The molecule has 0 atom stereocenters. The number of hydrogen-bond acceptors (Lipinski definition) is 4. The molecule has 2 rings (SSSR count). The van der Waals surface area contributed by atoms with Gasteiger partial charge < -0.3 is 15.8 Å². The summed E-state index contributed by atoms with van der Waals surface area (Å²) in [6.07, 6.45) is 0. The van der Waals surface area contributed by atoms with Crippen molar-refractivity contribution >= 4 is 5.69 Å². The number of nitrogens with two attached hydrogens (primary N) is 1. The van der Waals surface area contributed by atoms with Crippen LogP contribution < -0.4 is 15.8 Å². The zero-order valence-electron chi connectivity index (χ0n) is 12.0. The van der Waals surface area contributed by atoms with Gasteiger partial charge in [-0.05, 0) is 55.8 Å². The van der Waals surface area contributed by atoms with Crippen LogP contribution in [0.1, 0.15) is 17.0 Å². The highest BCUT2D eigenvalue weighted by Crippen LogP contribution is 2.12. The summed E-state index contributed by atoms with van der Waals surface area (Å²) in [5, 5.41) is 3.33. The molecule has 0 aliphatic heterocycles. The normalized spacial score (nSPS) is 10.5. The number of aromatic nitrogens is 1. The fraction of sp³-hybridized carbons (Fsp3) is 0.312. The number of ether oxygens (including phenoxy) is 1. The Morgan fingerprint density at radius 2 is 1.90 bits per heavy atom. The fourth-order valence-corrected chi connectivity index (χ4v) is 2.04. The third-order valence-corrected chi connectivity index (χ3v) is 2.88. The molecule has 0 spiro atoms. The summed E-state index contributed by atoms with van der Waals surface area (Å²) in [6.45, 7) is 6.25. The molecular formula is C16H21N3O. The Morgan fingerprint density at radius 3 is 2.60 bits per heavy atom. The van der Waals surface area contributed by atoms with Crippen LogP contribution in [0.5, 0.6) is 5.75 Å². The third-order valence-electron chi connectivity index (χ3n) is 2.88. The van der Waals surface area contributed by atoms with Gasteiger partial charge in [-0.1, -0.05) is 0 Å². The molecule has 0 aliphatic carbocycles. The van der Waals surface area contributed by atoms with Crippen LogP contribution in [-0.4, -0.2) is 18.1 Å². The fourth-order valence-electron chi connectivity index (χ4n) is 2.04. The van der Waals surface area contributed by atoms with Gasteiger partial charge in [0.15, 0.2) is 0 Å². The Morgan fingerprint density at radius 1 is 1.15 bits per heavy atom. The van der Waals surface area contributed by atoms with E-state index >= 15 is 0 Å². The van der Waals surface area contributed by atoms with E-state index in [1.54, 1.807) is 0 Å². The van der Waals surface area contributed by atoms with E-state index < -0.39 is 0 Å². The van der Waals surface area contributed by atoms with Crippen molar-refractivity contribution < 1.29 is 4.74 Å². The van der Waals surface area contributed by atoms with Crippen LogP contribution >= 0.6 is 0 Å². The zero-order chi connectivity index (χ0) is 14.4. The van der Waals surface area contributed by atoms with Crippen molar-refractivity contribution in [1.29, 1.82) is 0 Å². The SMILES string of the molecule is Cc1cc(C)nc(CNCCOc2ccc(N)cc2)c1. The first-order valence-corrected chi connectivity index (χ1v) is 6.77. The first-order valence-electron chi connectivity index (χ1n) is 6.77. The lowest BCUT2D eigenvalue weighted by atomic mass is 10.2. The monoisotopic (exact) mass is 271 g/mol. The van der Waals surface area contributed by atoms with Gasteiger partial charge in [0.25, 0.3) is 0 Å². The molecule has 0 saturated heterocycles. The average Bonchev–Trinajstić information content (AvgIpc) is 2.39. The predicted octanol–water partition coefficient (Wildman–Crippen LogP) is 2.45. The van der Waals surface area contributed by atoms with Gasteiger partial charge in [0.1, 0.15) is 12.4 Å². The van der Waals surface area contributed by atoms with Crippen LogP contribution in [0.25, 0.3) is 0 Å². The summed E-state index contributed by atoms with van der Waals surface area (Å²) in [5.41, 5.74) is 9.73. The van der Waals surface area contributed by atoms with Gasteiger partial charge in [0.05, 0.1) is 5.69 Å². The summed E-state index contributed by atoms with van der Waals surface area (Å²) in [6, 6.07) is 11.6. The maximum Gasteiger partial charge on any atom is 0.119 e. The number of nitrogen functional groups attached to an aromatic ring is 1. The summed E-state index contributed by atoms with van der Waals surface area (Å²) in [4.78, 5) is 4.48. The second-order valence-corrected chi connectivity index (χ2v) is 4.87. The molecule has 0 bridgehead atoms. The molecule has 0 amide bonds. The predicted molar refractivity (Wildman–Crippen MR) is 81.8 cm³/mol. The lowest BCUT2D eigenvalue weighted by Crippen LogP contribution is -2.21. The Balaban J connectivity index is 1.70. The highest BCUT2D eigenvalue weighted by molar-refractivity contribution is 5.41. The lowest BCUT2D eigenvalue weighted by molar-refractivity contribution is 0.313. The first-order chi connectivity index (χ1) is 9.63. The van der Waals surface area contributed by atoms with Crippen LogP contribution in [-0.2, 0) is 6.54 Å². The zero-order valence-corrected chi connectivity index (χ0v) is 12.0. The molecule has 3 N–H and O–H groups in total. The molecule has 0 radical (unpaired) electrons. The molecule has 0 fully saturated rings. The van der Waals surface area contributed by atoms with E-state index in [9.17, 15) is 0 Å². The number of hydrogen-bond donors (Lipinski definition) is 2. The molecule has 4 nitrogen and oxygen atoms in total. The van der Waals surface area contributed by atoms with Crippen LogP contribution in [0.3, 0.4) is 0 Å². The van der Waals surface area contributed by atoms with E-state index in [-0.39, 0.29) is 0 Å². The molecule has 1 aromatic heterocycles. The van der Waals surface area contributed by atoms with Gasteiger partial charge in [-0.3, -0.25) is 4.98 Å². The quantitative estimate of drug-likeness (QED) is 0.626. The molecule has 0 unspecified atom stereocenters. The van der Waals surface area contributed by atoms with Crippen molar-refractivity contribution in [3.63, 3.8) is 0 Å². The summed E-state index contributed by atoms with van der Waals surface area (Å²) >= 11 is 0. The van der Waals surface area contributed by atoms with Crippen LogP contribution in [0, 0.1) is 13.8 Å². The molecule has 2 aromatic rings. The number of pyridine rings is 1. The molecule has 0 saturated carbocycles. The van der Waals surface area contributed by atoms with Gasteiger partial charge in [0.2, 0.25) is 0 Å². The standard InChI is InChI=1S/C16H21N3O/c1-12-9-13(2)19-15(10-12)11-18-7-8-20-16-5-3-14(17)4-6-16/h3-6,9-10,18H,7-8,11,17H2,1-2H3. The number of nitrogens with one attached hydrogen (secondary N) is 1. The number of benzene rings is 1. The average molecular weight is 271 g/mol. The number of aryl methyl sites for hydroxylation is 2. The molecule has 20 heavy (non-hydrogen) atoms. The highest BCUT2D eigenvalue weighted by atomic mass is 16.5. The number of anilines is 1. The molecule has 1 aromatic carbocycles. The lowest BCUT2D eigenvalue weighted by Gasteiger charge is -2.08. The molecule has 1 heterocycles.